The van der Waals surface area contributed by atoms with Crippen LogP contribution in [0.3, 0.4) is 0 Å². The maximum absolute atomic E-state index is 3.97. The van der Waals surface area contributed by atoms with Crippen molar-refractivity contribution in [3.8, 4) is 0 Å². The van der Waals surface area contributed by atoms with Crippen LogP contribution < -0.4 is 0 Å². The zero-order chi connectivity index (χ0) is 9.54. The van der Waals surface area contributed by atoms with Crippen molar-refractivity contribution in [2.24, 2.45) is 23.7 Å². The van der Waals surface area contributed by atoms with Crippen LogP contribution in [0, 0.1) is 23.7 Å². The summed E-state index contributed by atoms with van der Waals surface area (Å²) < 4.78 is 0. The van der Waals surface area contributed by atoms with E-state index < -0.39 is 0 Å². The Bertz CT molecular complexity index is 225. The molecule has 2 saturated carbocycles. The first-order valence-corrected chi connectivity index (χ1v) is 6.21. The Morgan fingerprint density at radius 3 is 2.71 bits per heavy atom. The molecule has 0 aromatic carbocycles. The molecule has 3 rings (SSSR count). The van der Waals surface area contributed by atoms with E-state index in [-0.39, 0.29) is 0 Å². The molecule has 4 unspecified atom stereocenters. The van der Waals surface area contributed by atoms with Gasteiger partial charge in [0.1, 0.15) is 0 Å². The van der Waals surface area contributed by atoms with Crippen LogP contribution in [0.2, 0.25) is 0 Å². The molecule has 1 nitrogen and oxygen atoms in total. The van der Waals surface area contributed by atoms with Crippen molar-refractivity contribution < 1.29 is 0 Å². The summed E-state index contributed by atoms with van der Waals surface area (Å²) in [7, 11) is 0. The molecule has 78 valence electrons. The highest BCUT2D eigenvalue weighted by molar-refractivity contribution is 4.99. The van der Waals surface area contributed by atoms with Crippen LogP contribution in [0.5, 0.6) is 0 Å². The second-order valence-corrected chi connectivity index (χ2v) is 5.56. The van der Waals surface area contributed by atoms with Crippen molar-refractivity contribution in [2.45, 2.75) is 25.7 Å². The van der Waals surface area contributed by atoms with Crippen LogP contribution >= 0.6 is 0 Å². The Kier molecular flexibility index (Phi) is 2.16. The summed E-state index contributed by atoms with van der Waals surface area (Å²) >= 11 is 0. The minimum absolute atomic E-state index is 0.826. The van der Waals surface area contributed by atoms with E-state index in [1.807, 2.05) is 0 Å². The van der Waals surface area contributed by atoms with E-state index in [2.05, 4.69) is 17.6 Å². The molecule has 3 aliphatic rings. The summed E-state index contributed by atoms with van der Waals surface area (Å²) in [5, 5.41) is 0. The number of likely N-dealkylation sites (tertiary alicyclic amines) is 1. The summed E-state index contributed by atoms with van der Waals surface area (Å²) in [6.07, 6.45) is 8.01. The predicted octanol–water partition coefficient (Wildman–Crippen LogP) is 2.54. The van der Waals surface area contributed by atoms with Crippen molar-refractivity contribution in [3.05, 3.63) is 12.7 Å². The Morgan fingerprint density at radius 1 is 1.21 bits per heavy atom. The lowest BCUT2D eigenvalue weighted by Crippen LogP contribution is -2.30. The number of rotatable bonds is 3. The van der Waals surface area contributed by atoms with Crippen LogP contribution in [-0.4, -0.2) is 24.5 Å². The van der Waals surface area contributed by atoms with E-state index in [0.29, 0.717) is 0 Å². The van der Waals surface area contributed by atoms with Gasteiger partial charge in [-0.3, -0.25) is 0 Å². The van der Waals surface area contributed by atoms with E-state index in [1.165, 1.54) is 45.3 Å². The van der Waals surface area contributed by atoms with Gasteiger partial charge in [-0.25, -0.2) is 0 Å². The van der Waals surface area contributed by atoms with Crippen molar-refractivity contribution in [3.63, 3.8) is 0 Å². The lowest BCUT2D eigenvalue weighted by Gasteiger charge is -2.24. The molecule has 0 aromatic rings. The second kappa shape index (κ2) is 3.37. The first-order valence-electron chi connectivity index (χ1n) is 6.21. The molecule has 0 spiro atoms. The Labute approximate surface area is 87.2 Å². The third-order valence-corrected chi connectivity index (χ3v) is 4.57. The molecule has 1 saturated heterocycles. The largest absolute Gasteiger partial charge is 0.302 e. The smallest absolute Gasteiger partial charge is 0.00155 e. The molecule has 1 heterocycles. The maximum Gasteiger partial charge on any atom is 0.00155 e. The van der Waals surface area contributed by atoms with Gasteiger partial charge in [0.25, 0.3) is 0 Å². The zero-order valence-corrected chi connectivity index (χ0v) is 8.99. The summed E-state index contributed by atoms with van der Waals surface area (Å²) in [6, 6.07) is 0. The molecule has 0 amide bonds. The van der Waals surface area contributed by atoms with E-state index in [1.54, 1.807) is 0 Å². The summed E-state index contributed by atoms with van der Waals surface area (Å²) in [5.41, 5.74) is 0. The lowest BCUT2D eigenvalue weighted by molar-refractivity contribution is 0.238. The number of piperidine rings is 1. The summed E-state index contributed by atoms with van der Waals surface area (Å²) in [5.74, 6) is 3.95. The van der Waals surface area contributed by atoms with Gasteiger partial charge in [-0.2, -0.15) is 0 Å². The van der Waals surface area contributed by atoms with E-state index in [0.717, 1.165) is 23.7 Å². The molecule has 1 heteroatoms. The number of hydrogen-bond acceptors (Lipinski definition) is 1. The van der Waals surface area contributed by atoms with Crippen molar-refractivity contribution >= 4 is 0 Å². The monoisotopic (exact) mass is 191 g/mol. The molecule has 2 aliphatic carbocycles. The minimum atomic E-state index is 0.826. The number of fused-ring (bicyclic) bond motifs is 1. The van der Waals surface area contributed by atoms with Gasteiger partial charge in [0.15, 0.2) is 0 Å². The lowest BCUT2D eigenvalue weighted by atomic mass is 9.96. The van der Waals surface area contributed by atoms with Crippen molar-refractivity contribution in [1.29, 1.82) is 0 Å². The van der Waals surface area contributed by atoms with Gasteiger partial charge >= 0.3 is 0 Å². The average molecular weight is 191 g/mol. The molecule has 0 radical (unpaired) electrons. The normalized spacial score (nSPS) is 46.6. The highest BCUT2D eigenvalue weighted by Crippen LogP contribution is 2.45. The van der Waals surface area contributed by atoms with Gasteiger partial charge in [0, 0.05) is 19.6 Å². The Balaban J connectivity index is 1.53. The quantitative estimate of drug-likeness (QED) is 0.620. The average Bonchev–Trinajstić information content (AvgIpc) is 2.66. The zero-order valence-electron chi connectivity index (χ0n) is 8.99. The molecule has 0 aromatic heterocycles. The molecule has 14 heavy (non-hydrogen) atoms. The predicted molar refractivity (Wildman–Crippen MR) is 59.1 cm³/mol. The minimum Gasteiger partial charge on any atom is -0.302 e. The van der Waals surface area contributed by atoms with Crippen molar-refractivity contribution in [2.75, 3.05) is 19.6 Å². The van der Waals surface area contributed by atoms with Gasteiger partial charge in [0.05, 0.1) is 0 Å². The Morgan fingerprint density at radius 2 is 2.00 bits per heavy atom. The fraction of sp³-hybridized carbons (Fsp3) is 0.846. The van der Waals surface area contributed by atoms with Gasteiger partial charge in [-0.1, -0.05) is 12.5 Å². The van der Waals surface area contributed by atoms with Crippen LogP contribution in [0.1, 0.15) is 25.7 Å². The first-order chi connectivity index (χ1) is 6.86. The van der Waals surface area contributed by atoms with Gasteiger partial charge < -0.3 is 4.90 Å². The molecule has 0 N–H and O–H groups in total. The second-order valence-electron chi connectivity index (χ2n) is 5.56. The van der Waals surface area contributed by atoms with Gasteiger partial charge in [-0.15, -0.1) is 6.58 Å². The maximum atomic E-state index is 3.97. The van der Waals surface area contributed by atoms with E-state index >= 15 is 0 Å². The van der Waals surface area contributed by atoms with Crippen LogP contribution in [0.25, 0.3) is 0 Å². The molecular weight excluding hydrogens is 170 g/mol. The highest BCUT2D eigenvalue weighted by atomic mass is 15.2. The fourth-order valence-corrected chi connectivity index (χ4v) is 3.58. The highest BCUT2D eigenvalue weighted by Gasteiger charge is 2.45. The Hall–Kier alpha value is -0.300. The fourth-order valence-electron chi connectivity index (χ4n) is 3.58. The van der Waals surface area contributed by atoms with E-state index in [9.17, 15) is 0 Å². The molecular formula is C13H21N. The van der Waals surface area contributed by atoms with Crippen LogP contribution in [0.15, 0.2) is 12.7 Å². The van der Waals surface area contributed by atoms with Crippen molar-refractivity contribution in [1.82, 2.24) is 4.90 Å². The SMILES string of the molecule is C=CC1CCCC1CN1CC2CC2C1. The molecule has 1 aliphatic heterocycles. The molecule has 3 fully saturated rings. The third kappa shape index (κ3) is 1.52. The molecule has 4 atom stereocenters. The van der Waals surface area contributed by atoms with E-state index in [4.69, 9.17) is 0 Å². The number of hydrogen-bond donors (Lipinski definition) is 0. The topological polar surface area (TPSA) is 3.24 Å². The van der Waals surface area contributed by atoms with Crippen LogP contribution in [-0.2, 0) is 0 Å². The standard InChI is InChI=1S/C13H21N/c1-2-10-4-3-5-11(10)7-14-8-12-6-13(12)9-14/h2,10-13H,1,3-9H2. The summed E-state index contributed by atoms with van der Waals surface area (Å²) in [4.78, 5) is 2.71. The van der Waals surface area contributed by atoms with Gasteiger partial charge in [-0.05, 0) is 42.9 Å². The molecule has 0 bridgehead atoms. The number of nitrogens with zero attached hydrogens (tertiary/aromatic N) is 1. The van der Waals surface area contributed by atoms with Crippen LogP contribution in [0.4, 0.5) is 0 Å². The van der Waals surface area contributed by atoms with Gasteiger partial charge in [0.2, 0.25) is 0 Å². The summed E-state index contributed by atoms with van der Waals surface area (Å²) in [6.45, 7) is 8.15. The number of allylic oxidation sites excluding steroid dienone is 1. The first kappa shape index (κ1) is 8.96. The third-order valence-electron chi connectivity index (χ3n) is 4.57.